The van der Waals surface area contributed by atoms with Gasteiger partial charge in [0.1, 0.15) is 5.82 Å². The Morgan fingerprint density at radius 1 is 1.20 bits per heavy atom. The van der Waals surface area contributed by atoms with Gasteiger partial charge in [0, 0.05) is 25.7 Å². The summed E-state index contributed by atoms with van der Waals surface area (Å²) in [5, 5.41) is 2.42. The van der Waals surface area contributed by atoms with Crippen LogP contribution in [0.15, 0.2) is 18.2 Å². The van der Waals surface area contributed by atoms with Crippen LogP contribution >= 0.6 is 0 Å². The van der Waals surface area contributed by atoms with Crippen LogP contribution in [-0.2, 0) is 9.59 Å². The molecule has 3 saturated heterocycles. The molecule has 1 N–H and O–H groups in total. The van der Waals surface area contributed by atoms with Crippen LogP contribution in [0.3, 0.4) is 0 Å². The van der Waals surface area contributed by atoms with Gasteiger partial charge in [0.05, 0.1) is 5.69 Å². The minimum atomic E-state index is -0.747. The summed E-state index contributed by atoms with van der Waals surface area (Å²) in [5.41, 5.74) is 0.827. The van der Waals surface area contributed by atoms with E-state index in [4.69, 9.17) is 0 Å². The van der Waals surface area contributed by atoms with Crippen molar-refractivity contribution in [2.75, 3.05) is 31.5 Å². The Morgan fingerprint density at radius 2 is 2.04 bits per heavy atom. The van der Waals surface area contributed by atoms with E-state index < -0.39 is 17.6 Å². The molecule has 1 aromatic rings. The zero-order valence-corrected chi connectivity index (χ0v) is 14.5. The molecule has 3 fully saturated rings. The number of likely N-dealkylation sites (tertiary alicyclic amines) is 1. The molecule has 0 unspecified atom stereocenters. The fraction of sp³-hybridized carbons (Fsp3) is 0.579. The molecule has 3 atom stereocenters. The largest absolute Gasteiger partial charge is 0.334 e. The summed E-state index contributed by atoms with van der Waals surface area (Å²) in [7, 11) is 0. The molecule has 4 rings (SSSR count). The first kappa shape index (κ1) is 16.5. The lowest BCUT2D eigenvalue weighted by Crippen LogP contribution is -2.43. The summed E-state index contributed by atoms with van der Waals surface area (Å²) in [6.45, 7) is 5.26. The van der Waals surface area contributed by atoms with Gasteiger partial charge in [-0.15, -0.1) is 0 Å². The average molecular weight is 345 g/mol. The highest BCUT2D eigenvalue weighted by Crippen LogP contribution is 2.40. The van der Waals surface area contributed by atoms with Gasteiger partial charge < -0.3 is 10.2 Å². The SMILES string of the molecule is Cc1ccc(NC(=O)C(=O)N2C[C@@H]3CN4CCCC[C@H]4[C@H]3C2)c(F)c1. The normalized spacial score (nSPS) is 28.6. The number of anilines is 1. The lowest BCUT2D eigenvalue weighted by Gasteiger charge is -2.33. The topological polar surface area (TPSA) is 52.7 Å². The van der Waals surface area contributed by atoms with Gasteiger partial charge in [0.25, 0.3) is 0 Å². The average Bonchev–Trinajstić information content (AvgIpc) is 3.14. The number of nitrogens with one attached hydrogen (secondary N) is 1. The van der Waals surface area contributed by atoms with Crippen molar-refractivity contribution >= 4 is 17.5 Å². The molecule has 2 amide bonds. The summed E-state index contributed by atoms with van der Waals surface area (Å²) >= 11 is 0. The fourth-order valence-corrected chi connectivity index (χ4v) is 4.76. The number of benzene rings is 1. The number of carbonyl (C=O) groups is 2. The van der Waals surface area contributed by atoms with Gasteiger partial charge in [-0.2, -0.15) is 0 Å². The van der Waals surface area contributed by atoms with Gasteiger partial charge in [-0.1, -0.05) is 12.5 Å². The molecule has 3 aliphatic rings. The van der Waals surface area contributed by atoms with E-state index in [1.54, 1.807) is 17.9 Å². The Morgan fingerprint density at radius 3 is 2.84 bits per heavy atom. The van der Waals surface area contributed by atoms with Gasteiger partial charge in [-0.25, -0.2) is 4.39 Å². The summed E-state index contributed by atoms with van der Waals surface area (Å²) in [6, 6.07) is 5.11. The lowest BCUT2D eigenvalue weighted by molar-refractivity contribution is -0.142. The van der Waals surface area contributed by atoms with E-state index >= 15 is 0 Å². The van der Waals surface area contributed by atoms with Crippen LogP contribution in [0.5, 0.6) is 0 Å². The first-order chi connectivity index (χ1) is 12.0. The molecule has 25 heavy (non-hydrogen) atoms. The predicted octanol–water partition coefficient (Wildman–Crippen LogP) is 2.02. The Labute approximate surface area is 147 Å². The van der Waals surface area contributed by atoms with E-state index in [1.165, 1.54) is 37.9 Å². The fourth-order valence-electron chi connectivity index (χ4n) is 4.76. The quantitative estimate of drug-likeness (QED) is 0.792. The van der Waals surface area contributed by atoms with Crippen molar-refractivity contribution in [1.82, 2.24) is 9.80 Å². The molecule has 3 heterocycles. The summed E-state index contributed by atoms with van der Waals surface area (Å²) in [6.07, 6.45) is 3.72. The molecule has 134 valence electrons. The molecular weight excluding hydrogens is 321 g/mol. The second-order valence-corrected chi connectivity index (χ2v) is 7.63. The summed E-state index contributed by atoms with van der Waals surface area (Å²) in [5.74, 6) is -0.860. The maximum atomic E-state index is 13.9. The molecule has 0 radical (unpaired) electrons. The number of aryl methyl sites for hydroxylation is 1. The van der Waals surface area contributed by atoms with E-state index in [0.717, 1.165) is 12.1 Å². The minimum absolute atomic E-state index is 0.0572. The zero-order chi connectivity index (χ0) is 17.6. The monoisotopic (exact) mass is 345 g/mol. The van der Waals surface area contributed by atoms with E-state index in [0.29, 0.717) is 31.0 Å². The van der Waals surface area contributed by atoms with Crippen molar-refractivity contribution in [3.8, 4) is 0 Å². The molecule has 0 aliphatic carbocycles. The number of hydrogen-bond donors (Lipinski definition) is 1. The number of fused-ring (bicyclic) bond motifs is 3. The van der Waals surface area contributed by atoms with E-state index in [2.05, 4.69) is 10.2 Å². The predicted molar refractivity (Wildman–Crippen MR) is 92.5 cm³/mol. The Bertz CT molecular complexity index is 708. The number of carbonyl (C=O) groups excluding carboxylic acids is 2. The number of nitrogens with zero attached hydrogens (tertiary/aromatic N) is 2. The molecule has 6 heteroatoms. The lowest BCUT2D eigenvalue weighted by atomic mass is 9.90. The van der Waals surface area contributed by atoms with E-state index in [-0.39, 0.29) is 5.69 Å². The van der Waals surface area contributed by atoms with Crippen LogP contribution in [0.25, 0.3) is 0 Å². The third-order valence-corrected chi connectivity index (χ3v) is 5.97. The summed E-state index contributed by atoms with van der Waals surface area (Å²) < 4.78 is 13.9. The highest BCUT2D eigenvalue weighted by Gasteiger charge is 2.48. The second kappa shape index (κ2) is 6.41. The van der Waals surface area contributed by atoms with E-state index in [1.807, 2.05) is 0 Å². The Kier molecular flexibility index (Phi) is 4.23. The van der Waals surface area contributed by atoms with Crippen molar-refractivity contribution in [1.29, 1.82) is 0 Å². The van der Waals surface area contributed by atoms with Gasteiger partial charge in [0.15, 0.2) is 0 Å². The zero-order valence-electron chi connectivity index (χ0n) is 14.5. The number of hydrogen-bond acceptors (Lipinski definition) is 3. The smallest absolute Gasteiger partial charge is 0.313 e. The highest BCUT2D eigenvalue weighted by atomic mass is 19.1. The van der Waals surface area contributed by atoms with Crippen LogP contribution in [0.2, 0.25) is 0 Å². The maximum Gasteiger partial charge on any atom is 0.313 e. The van der Waals surface area contributed by atoms with Crippen LogP contribution < -0.4 is 5.32 Å². The first-order valence-corrected chi connectivity index (χ1v) is 9.13. The molecule has 1 aromatic carbocycles. The minimum Gasteiger partial charge on any atom is -0.334 e. The van der Waals surface area contributed by atoms with Crippen molar-refractivity contribution in [2.45, 2.75) is 32.2 Å². The van der Waals surface area contributed by atoms with E-state index in [9.17, 15) is 14.0 Å². The van der Waals surface area contributed by atoms with Crippen molar-refractivity contribution in [3.63, 3.8) is 0 Å². The number of piperidine rings is 1. The third-order valence-electron chi connectivity index (χ3n) is 5.97. The Balaban J connectivity index is 1.39. The van der Waals surface area contributed by atoms with Gasteiger partial charge >= 0.3 is 11.8 Å². The van der Waals surface area contributed by atoms with Crippen LogP contribution in [0.1, 0.15) is 24.8 Å². The number of halogens is 1. The number of amides is 2. The first-order valence-electron chi connectivity index (χ1n) is 9.13. The molecule has 0 bridgehead atoms. The van der Waals surface area contributed by atoms with Crippen LogP contribution in [0.4, 0.5) is 10.1 Å². The maximum absolute atomic E-state index is 13.9. The second-order valence-electron chi connectivity index (χ2n) is 7.63. The van der Waals surface area contributed by atoms with Crippen molar-refractivity contribution in [3.05, 3.63) is 29.6 Å². The Hall–Kier alpha value is -1.95. The standard InChI is InChI=1S/C19H24FN3O2/c1-12-5-6-16(15(20)8-12)21-18(24)19(25)23-10-13-9-22-7-3-2-4-17(22)14(13)11-23/h5-6,8,13-14,17H,2-4,7,9-11H2,1H3,(H,21,24)/t13-,14-,17-/m0/s1. The molecule has 0 aromatic heterocycles. The van der Waals surface area contributed by atoms with Crippen LogP contribution in [-0.4, -0.2) is 53.8 Å². The molecule has 5 nitrogen and oxygen atoms in total. The van der Waals surface area contributed by atoms with Crippen LogP contribution in [0, 0.1) is 24.6 Å². The van der Waals surface area contributed by atoms with Gasteiger partial charge in [-0.3, -0.25) is 14.5 Å². The third kappa shape index (κ3) is 3.03. The molecule has 0 spiro atoms. The highest BCUT2D eigenvalue weighted by molar-refractivity contribution is 6.39. The van der Waals surface area contributed by atoms with Gasteiger partial charge in [0.2, 0.25) is 0 Å². The number of rotatable bonds is 1. The summed E-state index contributed by atoms with van der Waals surface area (Å²) in [4.78, 5) is 29.0. The van der Waals surface area contributed by atoms with Gasteiger partial charge in [-0.05, 0) is 55.8 Å². The molecular formula is C19H24FN3O2. The molecule has 3 aliphatic heterocycles. The van der Waals surface area contributed by atoms with Crippen molar-refractivity contribution < 1.29 is 14.0 Å². The van der Waals surface area contributed by atoms with Crippen molar-refractivity contribution in [2.24, 2.45) is 11.8 Å². The molecule has 0 saturated carbocycles.